The Labute approximate surface area is 144 Å². The molecular weight excluding hydrogens is 340 g/mol. The Morgan fingerprint density at radius 1 is 1.04 bits per heavy atom. The normalized spacial score (nSPS) is 11.2. The van der Waals surface area contributed by atoms with Crippen LogP contribution in [0, 0.1) is 10.2 Å². The van der Waals surface area contributed by atoms with Gasteiger partial charge >= 0.3 is 0 Å². The molecule has 24 heavy (non-hydrogen) atoms. The highest BCUT2D eigenvalue weighted by Gasteiger charge is 2.09. The predicted molar refractivity (Wildman–Crippen MR) is 79.4 cm³/mol. The second-order valence-electron chi connectivity index (χ2n) is 5.09. The highest BCUT2D eigenvalue weighted by atomic mass is 35.7. The third-order valence-electron chi connectivity index (χ3n) is 2.51. The van der Waals surface area contributed by atoms with Gasteiger partial charge in [-0.25, -0.2) is 23.2 Å². The third-order valence-corrected chi connectivity index (χ3v) is 2.51. The maximum absolute atomic E-state index is 8.49. The zero-order chi connectivity index (χ0) is 18.9. The molecule has 9 heteroatoms. The number of hydrogen-bond donors (Lipinski definition) is 0. The third kappa shape index (κ3) is 10.0. The number of benzene rings is 1. The Bertz CT molecular complexity index is 572. The molecule has 0 N–H and O–H groups in total. The molecule has 0 atom stereocenters. The summed E-state index contributed by atoms with van der Waals surface area (Å²) in [5, 5.41) is 0. The minimum absolute atomic E-state index is 0.733. The molecule has 0 aliphatic rings. The highest BCUT2D eigenvalue weighted by Crippen LogP contribution is 2.29. The lowest BCUT2D eigenvalue weighted by Crippen LogP contribution is -2.68. The number of allylic oxidation sites excluding steroid dienone is 1. The number of nitrogens with zero attached hydrogens (tertiary/aromatic N) is 2. The van der Waals surface area contributed by atoms with E-state index in [4.69, 9.17) is 28.1 Å². The summed E-state index contributed by atoms with van der Waals surface area (Å²) in [7, 11) is 6.36. The van der Waals surface area contributed by atoms with Gasteiger partial charge in [-0.1, -0.05) is 6.07 Å². The van der Waals surface area contributed by atoms with Crippen LogP contribution in [0.3, 0.4) is 0 Å². The van der Waals surface area contributed by atoms with Crippen LogP contribution in [0.15, 0.2) is 24.4 Å². The quantitative estimate of drug-likeness (QED) is 0.410. The Balaban J connectivity index is 0.000000922. The fraction of sp³-hybridized carbons (Fsp3) is 0.400. The van der Waals surface area contributed by atoms with Crippen LogP contribution in [0.5, 0.6) is 11.5 Å². The molecule has 0 saturated carbocycles. The molecule has 0 saturated heterocycles. The standard InChI is InChI=1S/C15H23N2O2.ClHO4/c1-16(2)10-13(11-17(3)4)12-7-8-14(18-5)15(9-12)19-6;2-1(3,4)5/h7-11H,1-6H3;(H,2,3,4,5)/q+1;/p-1. The number of methoxy groups -OCH3 is 2. The van der Waals surface area contributed by atoms with Crippen LogP contribution in [0.4, 0.5) is 0 Å². The van der Waals surface area contributed by atoms with Gasteiger partial charge in [0.25, 0.3) is 0 Å². The average molecular weight is 363 g/mol. The van der Waals surface area contributed by atoms with Crippen LogP contribution < -0.4 is 28.1 Å². The molecule has 1 aromatic carbocycles. The molecule has 0 aliphatic carbocycles. The van der Waals surface area contributed by atoms with Gasteiger partial charge in [0.05, 0.1) is 19.8 Å². The van der Waals surface area contributed by atoms with Gasteiger partial charge in [0.15, 0.2) is 17.7 Å². The summed E-state index contributed by atoms with van der Waals surface area (Å²) >= 11 is 0. The lowest BCUT2D eigenvalue weighted by Gasteiger charge is -2.17. The van der Waals surface area contributed by atoms with Crippen LogP contribution in [0.2, 0.25) is 0 Å². The van der Waals surface area contributed by atoms with Crippen molar-refractivity contribution in [2.24, 2.45) is 0 Å². The van der Waals surface area contributed by atoms with Gasteiger partial charge < -0.3 is 14.4 Å². The van der Waals surface area contributed by atoms with Crippen molar-refractivity contribution in [2.75, 3.05) is 42.4 Å². The molecule has 0 aliphatic heterocycles. The Kier molecular flexibility index (Phi) is 9.34. The van der Waals surface area contributed by atoms with Gasteiger partial charge in [-0.15, -0.1) is 10.2 Å². The van der Waals surface area contributed by atoms with E-state index in [1.165, 1.54) is 0 Å². The lowest BCUT2D eigenvalue weighted by atomic mass is 10.1. The van der Waals surface area contributed by atoms with Crippen LogP contribution >= 0.6 is 0 Å². The average Bonchev–Trinajstić information content (AvgIpc) is 2.43. The maximum Gasteiger partial charge on any atom is 0.172 e. The van der Waals surface area contributed by atoms with Crippen molar-refractivity contribution in [3.63, 3.8) is 0 Å². The summed E-state index contributed by atoms with van der Waals surface area (Å²) in [6.45, 7) is 0. The van der Waals surface area contributed by atoms with E-state index in [1.807, 2.05) is 55.9 Å². The molecule has 136 valence electrons. The molecule has 0 radical (unpaired) electrons. The number of hydrogen-bond acceptors (Lipinski definition) is 7. The van der Waals surface area contributed by atoms with Gasteiger partial charge in [0.1, 0.15) is 14.1 Å². The predicted octanol–water partition coefficient (Wildman–Crippen LogP) is -2.81. The molecule has 0 fully saturated rings. The summed E-state index contributed by atoms with van der Waals surface area (Å²) in [5.74, 6) is 1.47. The second kappa shape index (κ2) is 10.1. The van der Waals surface area contributed by atoms with Gasteiger partial charge in [0.2, 0.25) is 0 Å². The van der Waals surface area contributed by atoms with Gasteiger partial charge in [-0.3, -0.25) is 0 Å². The van der Waals surface area contributed by atoms with Crippen molar-refractivity contribution in [3.05, 3.63) is 30.0 Å². The highest BCUT2D eigenvalue weighted by molar-refractivity contribution is 6.07. The van der Waals surface area contributed by atoms with E-state index in [-0.39, 0.29) is 0 Å². The van der Waals surface area contributed by atoms with Crippen LogP contribution in [-0.2, 0) is 0 Å². The van der Waals surface area contributed by atoms with Crippen molar-refractivity contribution in [2.45, 2.75) is 0 Å². The van der Waals surface area contributed by atoms with Crippen molar-refractivity contribution < 1.29 is 42.9 Å². The van der Waals surface area contributed by atoms with Gasteiger partial charge in [-0.2, -0.15) is 0 Å². The van der Waals surface area contributed by atoms with Crippen LogP contribution in [0.25, 0.3) is 5.57 Å². The van der Waals surface area contributed by atoms with Crippen molar-refractivity contribution in [3.8, 4) is 11.5 Å². The van der Waals surface area contributed by atoms with E-state index >= 15 is 0 Å². The molecular formula is C15H23ClN2O6. The second-order valence-corrected chi connectivity index (χ2v) is 5.84. The molecule has 8 nitrogen and oxygen atoms in total. The summed E-state index contributed by atoms with van der Waals surface area (Å²) in [5.41, 5.74) is 2.19. The Hall–Kier alpha value is -1.84. The first-order valence-corrected chi connectivity index (χ1v) is 7.95. The van der Waals surface area contributed by atoms with E-state index in [1.54, 1.807) is 14.2 Å². The van der Waals surface area contributed by atoms with E-state index in [2.05, 4.69) is 12.4 Å². The smallest absolute Gasteiger partial charge is 0.172 e. The van der Waals surface area contributed by atoms with Gasteiger partial charge in [-0.05, 0) is 17.7 Å². The number of rotatable bonds is 5. The zero-order valence-electron chi connectivity index (χ0n) is 14.6. The fourth-order valence-corrected chi connectivity index (χ4v) is 1.75. The van der Waals surface area contributed by atoms with Crippen LogP contribution in [0.1, 0.15) is 5.56 Å². The van der Waals surface area contributed by atoms with E-state index in [0.717, 1.165) is 22.6 Å². The summed E-state index contributed by atoms with van der Waals surface area (Å²) < 4.78 is 46.6. The summed E-state index contributed by atoms with van der Waals surface area (Å²) in [4.78, 5) is 2.02. The SMILES string of the molecule is COc1ccc(/C(C=[N+](C)C)=C/N(C)C)cc1OC.[O-][Cl+3]([O-])([O-])[O-]. The molecule has 0 bridgehead atoms. The van der Waals surface area contributed by atoms with Crippen molar-refractivity contribution in [1.82, 2.24) is 4.90 Å². The number of ether oxygens (including phenoxy) is 2. The molecule has 1 rings (SSSR count). The first-order chi connectivity index (χ1) is 11.0. The van der Waals surface area contributed by atoms with Crippen molar-refractivity contribution in [1.29, 1.82) is 0 Å². The summed E-state index contributed by atoms with van der Waals surface area (Å²) in [6.07, 6.45) is 4.14. The first kappa shape index (κ1) is 22.2. The fourth-order valence-electron chi connectivity index (χ4n) is 1.75. The largest absolute Gasteiger partial charge is 0.493 e. The molecule has 0 aromatic heterocycles. The van der Waals surface area contributed by atoms with Crippen LogP contribution in [-0.4, -0.2) is 58.1 Å². The lowest BCUT2D eigenvalue weighted by molar-refractivity contribution is -2.00. The molecule has 0 heterocycles. The Morgan fingerprint density at radius 2 is 1.54 bits per heavy atom. The molecule has 0 spiro atoms. The van der Waals surface area contributed by atoms with E-state index in [9.17, 15) is 0 Å². The molecule has 0 unspecified atom stereocenters. The maximum atomic E-state index is 8.49. The minimum atomic E-state index is -4.94. The molecule has 1 aromatic rings. The minimum Gasteiger partial charge on any atom is -0.493 e. The first-order valence-electron chi connectivity index (χ1n) is 6.71. The monoisotopic (exact) mass is 362 g/mol. The zero-order valence-corrected chi connectivity index (χ0v) is 15.4. The van der Waals surface area contributed by atoms with E-state index in [0.29, 0.717) is 0 Å². The summed E-state index contributed by atoms with van der Waals surface area (Å²) in [6, 6.07) is 5.92. The Morgan fingerprint density at radius 3 is 1.92 bits per heavy atom. The number of halogens is 1. The van der Waals surface area contributed by atoms with E-state index < -0.39 is 10.2 Å². The topological polar surface area (TPSA) is 117 Å². The van der Waals surface area contributed by atoms with Gasteiger partial charge in [0, 0.05) is 20.3 Å². The van der Waals surface area contributed by atoms with Crippen molar-refractivity contribution >= 4 is 11.8 Å². The molecule has 0 amide bonds.